The standard InChI is InChI=1S/C14H19N5OS/c1-2-19-12(15-1)11-13(17-5-9-21-10-6-17)16-14(19)18-3-7-20-8-4-18/h1-2,11H,3-10H2. The molecular weight excluding hydrogens is 286 g/mol. The van der Waals surface area contributed by atoms with E-state index in [0.29, 0.717) is 0 Å². The molecule has 0 aliphatic carbocycles. The predicted molar refractivity (Wildman–Crippen MR) is 85.6 cm³/mol. The molecule has 4 heterocycles. The topological polar surface area (TPSA) is 45.9 Å². The van der Waals surface area contributed by atoms with E-state index in [1.807, 2.05) is 24.2 Å². The molecule has 2 aromatic heterocycles. The molecule has 0 aromatic carbocycles. The number of hydrogen-bond donors (Lipinski definition) is 0. The van der Waals surface area contributed by atoms with Crippen molar-refractivity contribution in [2.75, 3.05) is 60.7 Å². The molecule has 6 nitrogen and oxygen atoms in total. The molecule has 21 heavy (non-hydrogen) atoms. The third-order valence-electron chi connectivity index (χ3n) is 3.99. The van der Waals surface area contributed by atoms with Gasteiger partial charge in [0, 0.05) is 56.1 Å². The van der Waals surface area contributed by atoms with E-state index in [2.05, 4.69) is 25.3 Å². The van der Waals surface area contributed by atoms with Crippen molar-refractivity contribution < 1.29 is 4.74 Å². The molecule has 0 unspecified atom stereocenters. The Morgan fingerprint density at radius 1 is 1.05 bits per heavy atom. The summed E-state index contributed by atoms with van der Waals surface area (Å²) in [4.78, 5) is 14.1. The molecule has 0 saturated carbocycles. The van der Waals surface area contributed by atoms with Gasteiger partial charge in [-0.05, 0) is 0 Å². The summed E-state index contributed by atoms with van der Waals surface area (Å²) in [6.07, 6.45) is 3.83. The Kier molecular flexibility index (Phi) is 3.60. The molecule has 0 N–H and O–H groups in total. The van der Waals surface area contributed by atoms with E-state index in [4.69, 9.17) is 9.72 Å². The van der Waals surface area contributed by atoms with Crippen LogP contribution in [0.2, 0.25) is 0 Å². The van der Waals surface area contributed by atoms with Crippen LogP contribution in [0.4, 0.5) is 11.8 Å². The van der Waals surface area contributed by atoms with E-state index >= 15 is 0 Å². The van der Waals surface area contributed by atoms with Gasteiger partial charge in [0.2, 0.25) is 5.95 Å². The second kappa shape index (κ2) is 5.73. The largest absolute Gasteiger partial charge is 0.378 e. The van der Waals surface area contributed by atoms with Gasteiger partial charge in [0.15, 0.2) is 0 Å². The lowest BCUT2D eigenvalue weighted by Crippen LogP contribution is -2.39. The lowest BCUT2D eigenvalue weighted by Gasteiger charge is -2.31. The third-order valence-corrected chi connectivity index (χ3v) is 4.93. The Balaban J connectivity index is 1.74. The molecule has 2 aliphatic heterocycles. The Morgan fingerprint density at radius 2 is 1.86 bits per heavy atom. The van der Waals surface area contributed by atoms with Gasteiger partial charge in [-0.15, -0.1) is 0 Å². The zero-order valence-electron chi connectivity index (χ0n) is 11.9. The smallest absolute Gasteiger partial charge is 0.213 e. The Hall–Kier alpha value is -1.47. The Morgan fingerprint density at radius 3 is 2.67 bits per heavy atom. The molecular formula is C14H19N5OS. The van der Waals surface area contributed by atoms with Crippen molar-refractivity contribution in [3.8, 4) is 0 Å². The fourth-order valence-corrected chi connectivity index (χ4v) is 3.74. The van der Waals surface area contributed by atoms with Crippen molar-refractivity contribution in [3.63, 3.8) is 0 Å². The molecule has 112 valence electrons. The second-order valence-electron chi connectivity index (χ2n) is 5.27. The number of rotatable bonds is 2. The number of morpholine rings is 1. The number of fused-ring (bicyclic) bond motifs is 1. The van der Waals surface area contributed by atoms with Crippen LogP contribution in [-0.2, 0) is 4.74 Å². The fraction of sp³-hybridized carbons (Fsp3) is 0.571. The SMILES string of the molecule is c1cn2c(N3CCOCC3)nc(N3CCSCC3)cc2n1. The quantitative estimate of drug-likeness (QED) is 0.828. The molecule has 0 bridgehead atoms. The monoisotopic (exact) mass is 305 g/mol. The summed E-state index contributed by atoms with van der Waals surface area (Å²) < 4.78 is 7.53. The van der Waals surface area contributed by atoms with Gasteiger partial charge in [-0.25, -0.2) is 4.98 Å². The van der Waals surface area contributed by atoms with Crippen LogP contribution in [0.1, 0.15) is 0 Å². The second-order valence-corrected chi connectivity index (χ2v) is 6.49. The first kappa shape index (κ1) is 13.2. The highest BCUT2D eigenvalue weighted by molar-refractivity contribution is 7.99. The van der Waals surface area contributed by atoms with Crippen LogP contribution in [0.15, 0.2) is 18.5 Å². The third kappa shape index (κ3) is 2.55. The number of ether oxygens (including phenoxy) is 1. The van der Waals surface area contributed by atoms with Crippen molar-refractivity contribution in [3.05, 3.63) is 18.5 Å². The van der Waals surface area contributed by atoms with E-state index in [1.54, 1.807) is 0 Å². The van der Waals surface area contributed by atoms with Gasteiger partial charge < -0.3 is 14.5 Å². The fourth-order valence-electron chi connectivity index (χ4n) is 2.84. The van der Waals surface area contributed by atoms with E-state index in [9.17, 15) is 0 Å². The Labute approximate surface area is 128 Å². The molecule has 7 heteroatoms. The molecule has 2 aliphatic rings. The van der Waals surface area contributed by atoms with Crippen molar-refractivity contribution in [2.24, 2.45) is 0 Å². The van der Waals surface area contributed by atoms with Crippen LogP contribution in [0.3, 0.4) is 0 Å². The van der Waals surface area contributed by atoms with Crippen molar-refractivity contribution >= 4 is 29.2 Å². The highest BCUT2D eigenvalue weighted by Crippen LogP contribution is 2.23. The first-order chi connectivity index (χ1) is 10.4. The maximum Gasteiger partial charge on any atom is 0.213 e. The average molecular weight is 305 g/mol. The maximum absolute atomic E-state index is 5.45. The van der Waals surface area contributed by atoms with Gasteiger partial charge >= 0.3 is 0 Å². The molecule has 2 saturated heterocycles. The van der Waals surface area contributed by atoms with E-state index in [1.165, 1.54) is 11.5 Å². The van der Waals surface area contributed by atoms with Crippen LogP contribution in [0.25, 0.3) is 5.65 Å². The van der Waals surface area contributed by atoms with Crippen LogP contribution in [0, 0.1) is 0 Å². The lowest BCUT2D eigenvalue weighted by molar-refractivity contribution is 0.122. The van der Waals surface area contributed by atoms with Crippen LogP contribution >= 0.6 is 11.8 Å². The summed E-state index contributed by atoms with van der Waals surface area (Å²) in [5.74, 6) is 4.39. The van der Waals surface area contributed by atoms with Gasteiger partial charge in [0.25, 0.3) is 0 Å². The molecule has 4 rings (SSSR count). The Bertz CT molecular complexity index is 619. The van der Waals surface area contributed by atoms with Gasteiger partial charge in [0.1, 0.15) is 11.5 Å². The van der Waals surface area contributed by atoms with Gasteiger partial charge in [-0.3, -0.25) is 4.40 Å². The summed E-state index contributed by atoms with van der Waals surface area (Å²) >= 11 is 2.01. The highest BCUT2D eigenvalue weighted by Gasteiger charge is 2.20. The van der Waals surface area contributed by atoms with Crippen LogP contribution in [0.5, 0.6) is 0 Å². The predicted octanol–water partition coefficient (Wildman–Crippen LogP) is 1.12. The minimum atomic E-state index is 0.766. The number of anilines is 2. The first-order valence-electron chi connectivity index (χ1n) is 7.41. The number of thioether (sulfide) groups is 1. The number of hydrogen-bond acceptors (Lipinski definition) is 6. The molecule has 0 spiro atoms. The summed E-state index contributed by atoms with van der Waals surface area (Å²) in [7, 11) is 0. The van der Waals surface area contributed by atoms with Crippen molar-refractivity contribution in [1.82, 2.24) is 14.4 Å². The summed E-state index contributed by atoms with van der Waals surface area (Å²) in [6.45, 7) is 5.44. The molecule has 0 amide bonds. The maximum atomic E-state index is 5.45. The highest BCUT2D eigenvalue weighted by atomic mass is 32.2. The van der Waals surface area contributed by atoms with Gasteiger partial charge in [-0.2, -0.15) is 16.7 Å². The summed E-state index contributed by atoms with van der Waals surface area (Å²) in [5, 5.41) is 0. The number of nitrogens with zero attached hydrogens (tertiary/aromatic N) is 5. The average Bonchev–Trinajstić information content (AvgIpc) is 3.04. The summed E-state index contributed by atoms with van der Waals surface area (Å²) in [6, 6.07) is 2.10. The lowest BCUT2D eigenvalue weighted by atomic mass is 10.4. The molecule has 0 atom stereocenters. The van der Waals surface area contributed by atoms with E-state index < -0.39 is 0 Å². The molecule has 0 radical (unpaired) electrons. The van der Waals surface area contributed by atoms with E-state index in [0.717, 1.165) is 56.8 Å². The van der Waals surface area contributed by atoms with Gasteiger partial charge in [0.05, 0.1) is 13.2 Å². The number of imidazole rings is 1. The number of aromatic nitrogens is 3. The summed E-state index contributed by atoms with van der Waals surface area (Å²) in [5.41, 5.74) is 0.972. The van der Waals surface area contributed by atoms with E-state index in [-0.39, 0.29) is 0 Å². The van der Waals surface area contributed by atoms with Crippen LogP contribution < -0.4 is 9.80 Å². The van der Waals surface area contributed by atoms with Gasteiger partial charge in [-0.1, -0.05) is 0 Å². The zero-order valence-corrected chi connectivity index (χ0v) is 12.8. The van der Waals surface area contributed by atoms with Crippen molar-refractivity contribution in [1.29, 1.82) is 0 Å². The van der Waals surface area contributed by atoms with Crippen LogP contribution in [-0.4, -0.2) is 65.3 Å². The minimum absolute atomic E-state index is 0.766. The molecule has 2 fully saturated rings. The first-order valence-corrected chi connectivity index (χ1v) is 8.57. The minimum Gasteiger partial charge on any atom is -0.378 e. The van der Waals surface area contributed by atoms with Crippen molar-refractivity contribution in [2.45, 2.75) is 0 Å². The normalized spacial score (nSPS) is 20.2. The zero-order chi connectivity index (χ0) is 14.1. The molecule has 2 aromatic rings.